The van der Waals surface area contributed by atoms with Crippen LogP contribution in [0.2, 0.25) is 0 Å². The van der Waals surface area contributed by atoms with E-state index in [9.17, 15) is 0 Å². The molecule has 1 spiro atoms. The quantitative estimate of drug-likeness (QED) is 0.779. The van der Waals surface area contributed by atoms with Gasteiger partial charge < -0.3 is 9.47 Å². The van der Waals surface area contributed by atoms with E-state index in [0.29, 0.717) is 18.6 Å². The standard InChI is InChI=1S/C24H29NO2/c1-2-26-21-12-7-11-20-23(21)27-22-13-6-10-19-17-25(15-14-24(19,20)22)16-18-8-4-3-5-9-18/h3-5,7-9,11-12,19,22H,2,6,10,13-17H2,1H3. The van der Waals surface area contributed by atoms with Crippen molar-refractivity contribution in [2.45, 2.75) is 50.7 Å². The molecule has 0 bridgehead atoms. The van der Waals surface area contributed by atoms with Crippen molar-refractivity contribution in [1.82, 2.24) is 4.90 Å². The van der Waals surface area contributed by atoms with Gasteiger partial charge in [-0.05, 0) is 56.7 Å². The molecule has 0 radical (unpaired) electrons. The number of benzene rings is 2. The number of hydrogen-bond acceptors (Lipinski definition) is 3. The van der Waals surface area contributed by atoms with Crippen LogP contribution in [0.1, 0.15) is 43.7 Å². The zero-order chi connectivity index (χ0) is 18.3. The van der Waals surface area contributed by atoms with Crippen LogP contribution >= 0.6 is 0 Å². The van der Waals surface area contributed by atoms with Gasteiger partial charge in [0, 0.05) is 24.1 Å². The maximum Gasteiger partial charge on any atom is 0.165 e. The highest BCUT2D eigenvalue weighted by Crippen LogP contribution is 2.58. The van der Waals surface area contributed by atoms with E-state index in [0.717, 1.165) is 24.6 Å². The van der Waals surface area contributed by atoms with Crippen LogP contribution in [0.25, 0.3) is 0 Å². The molecule has 2 heterocycles. The first kappa shape index (κ1) is 17.1. The molecule has 5 rings (SSSR count). The molecule has 142 valence electrons. The topological polar surface area (TPSA) is 21.7 Å². The summed E-state index contributed by atoms with van der Waals surface area (Å²) in [4.78, 5) is 2.65. The second-order valence-corrected chi connectivity index (χ2v) is 8.31. The van der Waals surface area contributed by atoms with Crippen molar-refractivity contribution in [2.75, 3.05) is 19.7 Å². The van der Waals surface area contributed by atoms with Crippen LogP contribution in [-0.2, 0) is 12.0 Å². The maximum absolute atomic E-state index is 6.56. The summed E-state index contributed by atoms with van der Waals surface area (Å²) in [5.74, 6) is 2.64. The second kappa shape index (κ2) is 6.87. The van der Waals surface area contributed by atoms with Crippen molar-refractivity contribution in [3.05, 3.63) is 59.7 Å². The van der Waals surface area contributed by atoms with E-state index < -0.39 is 0 Å². The third kappa shape index (κ3) is 2.75. The minimum atomic E-state index is 0.188. The number of rotatable bonds is 4. The number of fused-ring (bicyclic) bond motifs is 1. The minimum absolute atomic E-state index is 0.188. The van der Waals surface area contributed by atoms with Crippen molar-refractivity contribution in [3.63, 3.8) is 0 Å². The molecule has 2 aromatic rings. The predicted molar refractivity (Wildman–Crippen MR) is 107 cm³/mol. The zero-order valence-electron chi connectivity index (χ0n) is 16.2. The first-order valence-electron chi connectivity index (χ1n) is 10.5. The molecule has 1 saturated heterocycles. The Morgan fingerprint density at radius 2 is 2.00 bits per heavy atom. The molecular weight excluding hydrogens is 334 g/mol. The number of piperidine rings is 1. The van der Waals surface area contributed by atoms with Crippen molar-refractivity contribution in [2.24, 2.45) is 5.92 Å². The molecular formula is C24H29NO2. The lowest BCUT2D eigenvalue weighted by Crippen LogP contribution is -2.56. The fraction of sp³-hybridized carbons (Fsp3) is 0.500. The molecule has 3 unspecified atom stereocenters. The van der Waals surface area contributed by atoms with Crippen molar-refractivity contribution in [3.8, 4) is 11.5 Å². The van der Waals surface area contributed by atoms with Crippen LogP contribution in [0.4, 0.5) is 0 Å². The van der Waals surface area contributed by atoms with Gasteiger partial charge in [-0.2, -0.15) is 0 Å². The van der Waals surface area contributed by atoms with Gasteiger partial charge in [-0.15, -0.1) is 0 Å². The zero-order valence-corrected chi connectivity index (χ0v) is 16.2. The monoisotopic (exact) mass is 363 g/mol. The van der Waals surface area contributed by atoms with Crippen molar-refractivity contribution in [1.29, 1.82) is 0 Å². The van der Waals surface area contributed by atoms with E-state index in [-0.39, 0.29) is 5.41 Å². The van der Waals surface area contributed by atoms with E-state index in [2.05, 4.69) is 53.4 Å². The Balaban J connectivity index is 1.44. The van der Waals surface area contributed by atoms with E-state index in [1.54, 1.807) is 0 Å². The summed E-state index contributed by atoms with van der Waals surface area (Å²) in [6.07, 6.45) is 5.27. The lowest BCUT2D eigenvalue weighted by molar-refractivity contribution is -0.00963. The van der Waals surface area contributed by atoms with Gasteiger partial charge in [0.05, 0.1) is 6.61 Å². The predicted octanol–water partition coefficient (Wildman–Crippen LogP) is 4.79. The summed E-state index contributed by atoms with van der Waals surface area (Å²) in [5.41, 5.74) is 3.03. The van der Waals surface area contributed by atoms with Crippen molar-refractivity contribution < 1.29 is 9.47 Å². The van der Waals surface area contributed by atoms with Crippen molar-refractivity contribution >= 4 is 0 Å². The van der Waals surface area contributed by atoms with E-state index in [4.69, 9.17) is 9.47 Å². The lowest BCUT2D eigenvalue weighted by Gasteiger charge is -2.51. The highest BCUT2D eigenvalue weighted by molar-refractivity contribution is 5.55. The average Bonchev–Trinajstić information content (AvgIpc) is 3.03. The minimum Gasteiger partial charge on any atom is -0.490 e. The van der Waals surface area contributed by atoms with Gasteiger partial charge in [-0.3, -0.25) is 4.90 Å². The van der Waals surface area contributed by atoms with Crippen LogP contribution < -0.4 is 9.47 Å². The Bertz CT molecular complexity index is 805. The highest BCUT2D eigenvalue weighted by Gasteiger charge is 2.57. The number of ether oxygens (including phenoxy) is 2. The van der Waals surface area contributed by atoms with Gasteiger partial charge in [0.2, 0.25) is 0 Å². The Morgan fingerprint density at radius 1 is 1.11 bits per heavy atom. The number of para-hydroxylation sites is 1. The Hall–Kier alpha value is -2.00. The summed E-state index contributed by atoms with van der Waals surface area (Å²) in [7, 11) is 0. The summed E-state index contributed by atoms with van der Waals surface area (Å²) in [5, 5.41) is 0. The van der Waals surface area contributed by atoms with E-state index in [1.165, 1.54) is 43.4 Å². The molecule has 1 aliphatic carbocycles. The second-order valence-electron chi connectivity index (χ2n) is 8.31. The number of nitrogens with zero attached hydrogens (tertiary/aromatic N) is 1. The van der Waals surface area contributed by atoms with Gasteiger partial charge in [-0.1, -0.05) is 42.5 Å². The molecule has 0 aromatic heterocycles. The van der Waals surface area contributed by atoms with Gasteiger partial charge in [0.25, 0.3) is 0 Å². The van der Waals surface area contributed by atoms with Crippen LogP contribution in [0.5, 0.6) is 11.5 Å². The number of likely N-dealkylation sites (tertiary alicyclic amines) is 1. The molecule has 0 N–H and O–H groups in total. The summed E-state index contributed by atoms with van der Waals surface area (Å²) >= 11 is 0. The summed E-state index contributed by atoms with van der Waals surface area (Å²) in [6, 6.07) is 17.4. The molecule has 3 aliphatic rings. The molecule has 2 aromatic carbocycles. The van der Waals surface area contributed by atoms with Gasteiger partial charge >= 0.3 is 0 Å². The third-order valence-corrected chi connectivity index (χ3v) is 6.93. The van der Waals surface area contributed by atoms with Crippen LogP contribution in [0.15, 0.2) is 48.5 Å². The lowest BCUT2D eigenvalue weighted by atomic mass is 9.58. The average molecular weight is 364 g/mol. The molecule has 3 heteroatoms. The van der Waals surface area contributed by atoms with Gasteiger partial charge in [0.15, 0.2) is 11.5 Å². The largest absolute Gasteiger partial charge is 0.490 e. The maximum atomic E-state index is 6.56. The van der Waals surface area contributed by atoms with Crippen LogP contribution in [0.3, 0.4) is 0 Å². The molecule has 1 saturated carbocycles. The smallest absolute Gasteiger partial charge is 0.165 e. The number of hydrogen-bond donors (Lipinski definition) is 0. The van der Waals surface area contributed by atoms with E-state index >= 15 is 0 Å². The molecule has 2 fully saturated rings. The fourth-order valence-electron chi connectivity index (χ4n) is 5.79. The molecule has 27 heavy (non-hydrogen) atoms. The Morgan fingerprint density at radius 3 is 2.85 bits per heavy atom. The normalized spacial score (nSPS) is 29.4. The fourth-order valence-corrected chi connectivity index (χ4v) is 5.79. The summed E-state index contributed by atoms with van der Waals surface area (Å²) in [6.45, 7) is 6.11. The van der Waals surface area contributed by atoms with Gasteiger partial charge in [0.1, 0.15) is 6.10 Å². The highest BCUT2D eigenvalue weighted by atomic mass is 16.5. The third-order valence-electron chi connectivity index (χ3n) is 6.93. The SMILES string of the molecule is CCOc1cccc2c1OC1CCCC3CN(Cc4ccccc4)CCC231. The summed E-state index contributed by atoms with van der Waals surface area (Å²) < 4.78 is 12.5. The molecule has 3 nitrogen and oxygen atoms in total. The first-order chi connectivity index (χ1) is 13.3. The first-order valence-corrected chi connectivity index (χ1v) is 10.5. The molecule has 3 atom stereocenters. The Labute approximate surface area is 162 Å². The van der Waals surface area contributed by atoms with E-state index in [1.807, 2.05) is 6.92 Å². The van der Waals surface area contributed by atoms with Gasteiger partial charge in [-0.25, -0.2) is 0 Å². The Kier molecular flexibility index (Phi) is 4.35. The molecule has 2 aliphatic heterocycles. The van der Waals surface area contributed by atoms with Crippen LogP contribution in [0, 0.1) is 5.92 Å². The van der Waals surface area contributed by atoms with Crippen LogP contribution in [-0.4, -0.2) is 30.7 Å². The molecule has 0 amide bonds.